The maximum absolute atomic E-state index is 13.5. The van der Waals surface area contributed by atoms with Crippen LogP contribution in [0.2, 0.25) is 0 Å². The fraction of sp³-hybridized carbons (Fsp3) is 0.409. The molecule has 0 radical (unpaired) electrons. The Labute approximate surface area is 190 Å². The SMILES string of the molecule is CC1(c2cc(S(C)(=O)=O)ccc2C#N)CC(C)(S(=O)(=O)c2cccc(C(F)(F)F)c2)CCO1. The van der Waals surface area contributed by atoms with Crippen molar-refractivity contribution in [2.75, 3.05) is 12.9 Å². The Balaban J connectivity index is 2.11. The summed E-state index contributed by atoms with van der Waals surface area (Å²) >= 11 is 0. The first kappa shape index (κ1) is 25.2. The highest BCUT2D eigenvalue weighted by Crippen LogP contribution is 2.47. The van der Waals surface area contributed by atoms with E-state index in [1.807, 2.05) is 6.07 Å². The lowest BCUT2D eigenvalue weighted by Crippen LogP contribution is -2.49. The van der Waals surface area contributed by atoms with Crippen molar-refractivity contribution in [2.24, 2.45) is 0 Å². The highest BCUT2D eigenvalue weighted by Gasteiger charge is 2.50. The van der Waals surface area contributed by atoms with Gasteiger partial charge in [0.15, 0.2) is 19.7 Å². The van der Waals surface area contributed by atoms with E-state index >= 15 is 0 Å². The van der Waals surface area contributed by atoms with Crippen molar-refractivity contribution in [1.82, 2.24) is 0 Å². The Hall–Kier alpha value is -2.42. The molecule has 0 aromatic heterocycles. The van der Waals surface area contributed by atoms with Gasteiger partial charge in [0, 0.05) is 24.8 Å². The van der Waals surface area contributed by atoms with Gasteiger partial charge in [-0.05, 0) is 56.7 Å². The summed E-state index contributed by atoms with van der Waals surface area (Å²) in [5, 5.41) is 9.55. The number of nitrogens with zero attached hydrogens (tertiary/aromatic N) is 1. The Morgan fingerprint density at radius 2 is 1.70 bits per heavy atom. The van der Waals surface area contributed by atoms with Gasteiger partial charge >= 0.3 is 6.18 Å². The van der Waals surface area contributed by atoms with Crippen molar-refractivity contribution >= 4 is 19.7 Å². The summed E-state index contributed by atoms with van der Waals surface area (Å²) in [6.45, 7) is 2.92. The molecule has 2 unspecified atom stereocenters. The number of benzene rings is 2. The zero-order valence-corrected chi connectivity index (χ0v) is 19.7. The Bertz CT molecular complexity index is 1350. The minimum Gasteiger partial charge on any atom is -0.370 e. The Kier molecular flexibility index (Phi) is 6.20. The number of halogens is 3. The van der Waals surface area contributed by atoms with Crippen LogP contribution in [0.25, 0.3) is 0 Å². The average molecular weight is 502 g/mol. The van der Waals surface area contributed by atoms with Crippen LogP contribution >= 0.6 is 0 Å². The smallest absolute Gasteiger partial charge is 0.370 e. The van der Waals surface area contributed by atoms with Crippen molar-refractivity contribution in [3.63, 3.8) is 0 Å². The van der Waals surface area contributed by atoms with Gasteiger partial charge in [-0.1, -0.05) is 6.07 Å². The zero-order valence-electron chi connectivity index (χ0n) is 18.1. The molecule has 1 heterocycles. The van der Waals surface area contributed by atoms with Crippen molar-refractivity contribution in [2.45, 2.75) is 53.0 Å². The van der Waals surface area contributed by atoms with E-state index in [2.05, 4.69) is 0 Å². The second kappa shape index (κ2) is 8.11. The lowest BCUT2D eigenvalue weighted by atomic mass is 9.81. The van der Waals surface area contributed by atoms with Crippen LogP contribution in [0.1, 0.15) is 43.4 Å². The topological polar surface area (TPSA) is 101 Å². The summed E-state index contributed by atoms with van der Waals surface area (Å²) in [4.78, 5) is -0.524. The predicted molar refractivity (Wildman–Crippen MR) is 114 cm³/mol. The van der Waals surface area contributed by atoms with E-state index < -0.39 is 46.7 Å². The number of hydrogen-bond acceptors (Lipinski definition) is 6. The van der Waals surface area contributed by atoms with Gasteiger partial charge in [0.1, 0.15) is 0 Å². The average Bonchev–Trinajstić information content (AvgIpc) is 2.72. The lowest BCUT2D eigenvalue weighted by molar-refractivity contribution is -0.137. The molecule has 0 N–H and O–H groups in total. The monoisotopic (exact) mass is 501 g/mol. The van der Waals surface area contributed by atoms with Crippen LogP contribution in [0.5, 0.6) is 0 Å². The van der Waals surface area contributed by atoms with Crippen LogP contribution in [-0.2, 0) is 36.2 Å². The van der Waals surface area contributed by atoms with Crippen LogP contribution in [0.3, 0.4) is 0 Å². The number of hydrogen-bond donors (Lipinski definition) is 0. The summed E-state index contributed by atoms with van der Waals surface area (Å²) in [6.07, 6.45) is -3.88. The van der Waals surface area contributed by atoms with Gasteiger partial charge < -0.3 is 4.74 Å². The van der Waals surface area contributed by atoms with Crippen LogP contribution in [0, 0.1) is 11.3 Å². The molecule has 6 nitrogen and oxygen atoms in total. The van der Waals surface area contributed by atoms with Gasteiger partial charge in [-0.2, -0.15) is 18.4 Å². The molecule has 0 saturated carbocycles. The van der Waals surface area contributed by atoms with Crippen molar-refractivity contribution in [3.05, 3.63) is 59.2 Å². The molecule has 0 amide bonds. The lowest BCUT2D eigenvalue weighted by Gasteiger charge is -2.44. The normalized spacial score (nSPS) is 24.3. The van der Waals surface area contributed by atoms with E-state index in [1.165, 1.54) is 25.1 Å². The third kappa shape index (κ3) is 4.65. The van der Waals surface area contributed by atoms with Gasteiger partial charge in [0.25, 0.3) is 0 Å². The summed E-state index contributed by atoms with van der Waals surface area (Å²) in [6, 6.07) is 9.43. The van der Waals surface area contributed by atoms with E-state index in [1.54, 1.807) is 6.92 Å². The van der Waals surface area contributed by atoms with Crippen molar-refractivity contribution in [1.29, 1.82) is 5.26 Å². The third-order valence-electron chi connectivity index (χ3n) is 5.99. The molecule has 33 heavy (non-hydrogen) atoms. The quantitative estimate of drug-likeness (QED) is 0.621. The second-order valence-corrected chi connectivity index (χ2v) is 13.1. The molecule has 2 aromatic rings. The fourth-order valence-corrected chi connectivity index (χ4v) is 6.73. The molecule has 0 bridgehead atoms. The Morgan fingerprint density at radius 3 is 2.27 bits per heavy atom. The minimum atomic E-state index is -4.70. The summed E-state index contributed by atoms with van der Waals surface area (Å²) < 4.78 is 94.9. The molecule has 1 aliphatic rings. The van der Waals surface area contributed by atoms with Crippen LogP contribution < -0.4 is 0 Å². The van der Waals surface area contributed by atoms with Crippen LogP contribution in [0.15, 0.2) is 52.3 Å². The maximum atomic E-state index is 13.5. The fourth-order valence-electron chi connectivity index (χ4n) is 4.16. The number of sulfone groups is 2. The molecule has 0 spiro atoms. The highest BCUT2D eigenvalue weighted by atomic mass is 32.2. The molecular weight excluding hydrogens is 479 g/mol. The summed E-state index contributed by atoms with van der Waals surface area (Å²) in [5.74, 6) is 0. The number of nitriles is 1. The van der Waals surface area contributed by atoms with E-state index in [0.717, 1.165) is 24.5 Å². The molecule has 0 aliphatic carbocycles. The molecule has 2 atom stereocenters. The minimum absolute atomic E-state index is 0.00875. The van der Waals surface area contributed by atoms with E-state index in [-0.39, 0.29) is 35.5 Å². The summed E-state index contributed by atoms with van der Waals surface area (Å²) in [5.41, 5.74) is -2.12. The van der Waals surface area contributed by atoms with Gasteiger partial charge in [0.2, 0.25) is 0 Å². The van der Waals surface area contributed by atoms with E-state index in [4.69, 9.17) is 4.74 Å². The molecule has 2 aromatic carbocycles. The number of rotatable bonds is 4. The first-order valence-corrected chi connectivity index (χ1v) is 13.2. The molecule has 1 fully saturated rings. The Morgan fingerprint density at radius 1 is 1.03 bits per heavy atom. The summed E-state index contributed by atoms with van der Waals surface area (Å²) in [7, 11) is -7.89. The highest BCUT2D eigenvalue weighted by molar-refractivity contribution is 7.92. The molecule has 3 rings (SSSR count). The second-order valence-electron chi connectivity index (χ2n) is 8.58. The number of alkyl halides is 3. The van der Waals surface area contributed by atoms with Gasteiger partial charge in [0.05, 0.1) is 37.3 Å². The first-order valence-electron chi connectivity index (χ1n) is 9.84. The molecule has 1 saturated heterocycles. The van der Waals surface area contributed by atoms with E-state index in [9.17, 15) is 35.3 Å². The van der Waals surface area contributed by atoms with Crippen LogP contribution in [-0.4, -0.2) is 34.4 Å². The predicted octanol–water partition coefficient (Wildman–Crippen LogP) is 4.24. The van der Waals surface area contributed by atoms with Crippen molar-refractivity contribution < 1.29 is 34.7 Å². The molecule has 1 aliphatic heterocycles. The zero-order chi connectivity index (χ0) is 24.9. The molecule has 178 valence electrons. The van der Waals surface area contributed by atoms with Gasteiger partial charge in [-0.15, -0.1) is 0 Å². The van der Waals surface area contributed by atoms with Crippen molar-refractivity contribution in [3.8, 4) is 6.07 Å². The van der Waals surface area contributed by atoms with Gasteiger partial charge in [-0.3, -0.25) is 0 Å². The maximum Gasteiger partial charge on any atom is 0.416 e. The molecular formula is C22H22F3NO5S2. The van der Waals surface area contributed by atoms with E-state index in [0.29, 0.717) is 6.07 Å². The number of ether oxygens (including phenoxy) is 1. The first-order chi connectivity index (χ1) is 15.0. The van der Waals surface area contributed by atoms with Gasteiger partial charge in [-0.25, -0.2) is 16.8 Å². The third-order valence-corrected chi connectivity index (χ3v) is 9.62. The standard InChI is InChI=1S/C22H22F3NO5S2/c1-20(33(29,30)18-6-4-5-16(11-18)22(23,24)25)9-10-31-21(2,14-20)19-12-17(32(3,27)28)8-7-15(19)13-26/h4-8,11-12H,9-10,14H2,1-3H3. The largest absolute Gasteiger partial charge is 0.416 e. The van der Waals surface area contributed by atoms with Crippen LogP contribution in [0.4, 0.5) is 13.2 Å². The molecule has 11 heteroatoms.